The lowest BCUT2D eigenvalue weighted by atomic mass is 10.0. The van der Waals surface area contributed by atoms with Gasteiger partial charge in [0.15, 0.2) is 11.6 Å². The smallest absolute Gasteiger partial charge is 0.251 e. The maximum absolute atomic E-state index is 13.5. The van der Waals surface area contributed by atoms with Gasteiger partial charge in [0.1, 0.15) is 5.82 Å². The SMILES string of the molecule is O=C(CCCCCNC(=O)C(=Cc1ccc(F)c(F)c1)c1ccc(F)cc1)NO. The maximum atomic E-state index is 13.5. The highest BCUT2D eigenvalue weighted by atomic mass is 19.2. The number of hydrogen-bond donors (Lipinski definition) is 3. The number of hydroxylamine groups is 1. The molecule has 29 heavy (non-hydrogen) atoms. The first-order chi connectivity index (χ1) is 13.9. The van der Waals surface area contributed by atoms with Crippen molar-refractivity contribution in [1.82, 2.24) is 10.8 Å². The quantitative estimate of drug-likeness (QED) is 0.195. The maximum Gasteiger partial charge on any atom is 0.251 e. The normalized spacial score (nSPS) is 11.2. The van der Waals surface area contributed by atoms with Gasteiger partial charge in [0.05, 0.1) is 0 Å². The molecule has 0 radical (unpaired) electrons. The largest absolute Gasteiger partial charge is 0.352 e. The van der Waals surface area contributed by atoms with Gasteiger partial charge in [0.2, 0.25) is 5.91 Å². The highest BCUT2D eigenvalue weighted by molar-refractivity contribution is 6.24. The molecule has 0 aliphatic heterocycles. The second-order valence-corrected chi connectivity index (χ2v) is 6.34. The minimum atomic E-state index is -1.04. The predicted molar refractivity (Wildman–Crippen MR) is 102 cm³/mol. The molecule has 0 atom stereocenters. The summed E-state index contributed by atoms with van der Waals surface area (Å²) in [6.07, 6.45) is 3.40. The average Bonchev–Trinajstić information content (AvgIpc) is 2.71. The van der Waals surface area contributed by atoms with Gasteiger partial charge in [-0.2, -0.15) is 0 Å². The van der Waals surface area contributed by atoms with E-state index in [1.54, 1.807) is 5.48 Å². The van der Waals surface area contributed by atoms with Crippen molar-refractivity contribution in [2.24, 2.45) is 0 Å². The molecular formula is C21H21F3N2O3. The average molecular weight is 406 g/mol. The fourth-order valence-corrected chi connectivity index (χ4v) is 2.62. The Morgan fingerprint density at radius 1 is 0.931 bits per heavy atom. The summed E-state index contributed by atoms with van der Waals surface area (Å²) >= 11 is 0. The van der Waals surface area contributed by atoms with E-state index in [2.05, 4.69) is 5.32 Å². The van der Waals surface area contributed by atoms with Crippen LogP contribution >= 0.6 is 0 Å². The summed E-state index contributed by atoms with van der Waals surface area (Å²) in [5.74, 6) is -3.42. The lowest BCUT2D eigenvalue weighted by molar-refractivity contribution is -0.129. The zero-order chi connectivity index (χ0) is 21.2. The third kappa shape index (κ3) is 7.08. The molecule has 0 aromatic heterocycles. The van der Waals surface area contributed by atoms with Crippen molar-refractivity contribution >= 4 is 23.5 Å². The Labute approximate surface area is 166 Å². The van der Waals surface area contributed by atoms with Crippen LogP contribution in [0.3, 0.4) is 0 Å². The van der Waals surface area contributed by atoms with E-state index < -0.39 is 29.3 Å². The molecule has 2 aromatic carbocycles. The highest BCUT2D eigenvalue weighted by Gasteiger charge is 2.13. The summed E-state index contributed by atoms with van der Waals surface area (Å²) in [5, 5.41) is 11.1. The monoisotopic (exact) mass is 406 g/mol. The summed E-state index contributed by atoms with van der Waals surface area (Å²) in [5.41, 5.74) is 2.44. The lowest BCUT2D eigenvalue weighted by Crippen LogP contribution is -2.25. The Morgan fingerprint density at radius 2 is 1.66 bits per heavy atom. The Balaban J connectivity index is 2.08. The molecule has 8 heteroatoms. The second-order valence-electron chi connectivity index (χ2n) is 6.34. The summed E-state index contributed by atoms with van der Waals surface area (Å²) in [6.45, 7) is 0.329. The molecule has 0 aliphatic carbocycles. The van der Waals surface area contributed by atoms with Crippen LogP contribution in [-0.4, -0.2) is 23.6 Å². The molecule has 2 amide bonds. The lowest BCUT2D eigenvalue weighted by Gasteiger charge is -2.10. The molecule has 2 rings (SSSR count). The van der Waals surface area contributed by atoms with Crippen molar-refractivity contribution in [3.05, 3.63) is 71.0 Å². The van der Waals surface area contributed by atoms with Crippen molar-refractivity contribution in [3.8, 4) is 0 Å². The second kappa shape index (κ2) is 11.0. The van der Waals surface area contributed by atoms with Crippen LogP contribution in [0.15, 0.2) is 42.5 Å². The van der Waals surface area contributed by atoms with Gasteiger partial charge in [0.25, 0.3) is 5.91 Å². The van der Waals surface area contributed by atoms with Gasteiger partial charge >= 0.3 is 0 Å². The number of carbonyl (C=O) groups excluding carboxylic acids is 2. The first-order valence-corrected chi connectivity index (χ1v) is 9.04. The van der Waals surface area contributed by atoms with E-state index in [0.717, 1.165) is 12.1 Å². The zero-order valence-corrected chi connectivity index (χ0v) is 15.6. The van der Waals surface area contributed by atoms with Gasteiger partial charge in [0, 0.05) is 18.5 Å². The van der Waals surface area contributed by atoms with Crippen LogP contribution in [0.4, 0.5) is 13.2 Å². The van der Waals surface area contributed by atoms with Gasteiger partial charge < -0.3 is 5.32 Å². The molecule has 0 saturated carbocycles. The number of unbranched alkanes of at least 4 members (excludes halogenated alkanes) is 2. The zero-order valence-electron chi connectivity index (χ0n) is 15.6. The fraction of sp³-hybridized carbons (Fsp3) is 0.238. The topological polar surface area (TPSA) is 78.4 Å². The number of amides is 2. The van der Waals surface area contributed by atoms with Crippen LogP contribution < -0.4 is 10.8 Å². The minimum Gasteiger partial charge on any atom is -0.352 e. The van der Waals surface area contributed by atoms with Gasteiger partial charge in [-0.1, -0.05) is 24.6 Å². The van der Waals surface area contributed by atoms with E-state index in [1.807, 2.05) is 0 Å². The number of benzene rings is 2. The number of rotatable bonds is 9. The van der Waals surface area contributed by atoms with Crippen LogP contribution in [0.1, 0.15) is 36.8 Å². The van der Waals surface area contributed by atoms with E-state index in [-0.39, 0.29) is 17.6 Å². The highest BCUT2D eigenvalue weighted by Crippen LogP contribution is 2.20. The van der Waals surface area contributed by atoms with Crippen LogP contribution in [0, 0.1) is 17.5 Å². The van der Waals surface area contributed by atoms with Crippen molar-refractivity contribution < 1.29 is 28.0 Å². The first-order valence-electron chi connectivity index (χ1n) is 9.04. The third-order valence-electron chi connectivity index (χ3n) is 4.15. The van der Waals surface area contributed by atoms with Gasteiger partial charge in [-0.05, 0) is 54.3 Å². The molecule has 0 aliphatic rings. The Hall–Kier alpha value is -3.13. The van der Waals surface area contributed by atoms with Crippen molar-refractivity contribution in [3.63, 3.8) is 0 Å². The fourth-order valence-electron chi connectivity index (χ4n) is 2.62. The Kier molecular flexibility index (Phi) is 8.42. The van der Waals surface area contributed by atoms with Crippen LogP contribution in [0.5, 0.6) is 0 Å². The molecule has 5 nitrogen and oxygen atoms in total. The summed E-state index contributed by atoms with van der Waals surface area (Å²) in [6, 6.07) is 8.52. The molecular weight excluding hydrogens is 385 g/mol. The predicted octanol–water partition coefficient (Wildman–Crippen LogP) is 3.83. The summed E-state index contributed by atoms with van der Waals surface area (Å²) in [4.78, 5) is 23.6. The van der Waals surface area contributed by atoms with E-state index in [1.165, 1.54) is 36.4 Å². The van der Waals surface area contributed by atoms with Crippen LogP contribution in [0.2, 0.25) is 0 Å². The molecule has 0 heterocycles. The molecule has 2 aromatic rings. The molecule has 0 saturated heterocycles. The van der Waals surface area contributed by atoms with Gasteiger partial charge in [-0.25, -0.2) is 18.7 Å². The summed E-state index contributed by atoms with van der Waals surface area (Å²) in [7, 11) is 0. The van der Waals surface area contributed by atoms with Crippen molar-refractivity contribution in [2.45, 2.75) is 25.7 Å². The van der Waals surface area contributed by atoms with Gasteiger partial charge in [-0.3, -0.25) is 14.8 Å². The molecule has 0 unspecified atom stereocenters. The van der Waals surface area contributed by atoms with E-state index in [9.17, 15) is 22.8 Å². The Bertz CT molecular complexity index is 883. The van der Waals surface area contributed by atoms with Gasteiger partial charge in [-0.15, -0.1) is 0 Å². The number of nitrogens with one attached hydrogen (secondary N) is 2. The number of halogens is 3. The minimum absolute atomic E-state index is 0.177. The van der Waals surface area contributed by atoms with Crippen molar-refractivity contribution in [1.29, 1.82) is 0 Å². The third-order valence-corrected chi connectivity index (χ3v) is 4.15. The Morgan fingerprint density at radius 3 is 2.31 bits per heavy atom. The van der Waals surface area contributed by atoms with Crippen LogP contribution in [-0.2, 0) is 9.59 Å². The molecule has 0 spiro atoms. The summed E-state index contributed by atoms with van der Waals surface area (Å²) < 4.78 is 39.9. The van der Waals surface area contributed by atoms with E-state index in [0.29, 0.717) is 31.4 Å². The van der Waals surface area contributed by atoms with Crippen LogP contribution in [0.25, 0.3) is 11.6 Å². The number of carbonyl (C=O) groups is 2. The standard InChI is InChI=1S/C21H21F3N2O3/c22-16-8-6-15(7-9-16)17(12-14-5-10-18(23)19(24)13-14)21(28)25-11-3-1-2-4-20(27)26-29/h5-10,12-13,29H,1-4,11H2,(H,25,28)(H,26,27). The van der Waals surface area contributed by atoms with Crippen molar-refractivity contribution in [2.75, 3.05) is 6.54 Å². The molecule has 3 N–H and O–H groups in total. The molecule has 0 fully saturated rings. The first kappa shape index (κ1) is 22.2. The molecule has 154 valence electrons. The molecule has 0 bridgehead atoms. The van der Waals surface area contributed by atoms with E-state index >= 15 is 0 Å². The number of hydrogen-bond acceptors (Lipinski definition) is 3. The van der Waals surface area contributed by atoms with E-state index in [4.69, 9.17) is 5.21 Å².